The van der Waals surface area contributed by atoms with Crippen LogP contribution >= 0.6 is 0 Å². The molecule has 1 aromatic carbocycles. The number of alkyl halides is 3. The molecule has 0 saturated carbocycles. The Morgan fingerprint density at radius 1 is 1.05 bits per heavy atom. The summed E-state index contributed by atoms with van der Waals surface area (Å²) in [5.41, 5.74) is 0.402. The third-order valence-corrected chi connectivity index (χ3v) is 2.95. The van der Waals surface area contributed by atoms with E-state index in [0.717, 1.165) is 17.5 Å². The summed E-state index contributed by atoms with van der Waals surface area (Å²) in [6, 6.07) is 3.37. The Morgan fingerprint density at radius 3 is 2.16 bits per heavy atom. The number of allylic oxidation sites excluding steroid dienone is 4. The van der Waals surface area contributed by atoms with E-state index in [4.69, 9.17) is 0 Å². The zero-order valence-electron chi connectivity index (χ0n) is 10.5. The van der Waals surface area contributed by atoms with Crippen molar-refractivity contribution in [3.8, 4) is 0 Å². The standard InChI is InChI=1S/C14H13F4N/c1-8-6-10(7-9(2)19-8)11-4-3-5-12(13(11)15)14(16,17)18/h3-7,10,19H,1-2H3. The largest absolute Gasteiger partial charge is 0.419 e. The van der Waals surface area contributed by atoms with Gasteiger partial charge in [0.15, 0.2) is 0 Å². The van der Waals surface area contributed by atoms with Crippen LogP contribution in [0.5, 0.6) is 0 Å². The molecule has 0 atom stereocenters. The summed E-state index contributed by atoms with van der Waals surface area (Å²) in [5.74, 6) is -1.68. The van der Waals surface area contributed by atoms with Crippen molar-refractivity contribution in [2.45, 2.75) is 25.9 Å². The molecule has 0 spiro atoms. The van der Waals surface area contributed by atoms with E-state index in [-0.39, 0.29) is 5.56 Å². The molecular weight excluding hydrogens is 258 g/mol. The second kappa shape index (κ2) is 4.72. The monoisotopic (exact) mass is 271 g/mol. The lowest BCUT2D eigenvalue weighted by atomic mass is 9.92. The van der Waals surface area contributed by atoms with Crippen molar-refractivity contribution in [3.05, 3.63) is 58.7 Å². The second-order valence-corrected chi connectivity index (χ2v) is 4.56. The van der Waals surface area contributed by atoms with Gasteiger partial charge < -0.3 is 5.32 Å². The maximum absolute atomic E-state index is 14.0. The van der Waals surface area contributed by atoms with Gasteiger partial charge in [-0.2, -0.15) is 13.2 Å². The van der Waals surface area contributed by atoms with Gasteiger partial charge in [-0.15, -0.1) is 0 Å². The highest BCUT2D eigenvalue weighted by molar-refractivity contribution is 5.38. The topological polar surface area (TPSA) is 12.0 Å². The van der Waals surface area contributed by atoms with E-state index < -0.39 is 23.5 Å². The molecular formula is C14H13F4N. The van der Waals surface area contributed by atoms with Crippen LogP contribution in [0.1, 0.15) is 30.9 Å². The maximum Gasteiger partial charge on any atom is 0.419 e. The molecule has 0 unspecified atom stereocenters. The van der Waals surface area contributed by atoms with Gasteiger partial charge in [0.1, 0.15) is 5.82 Å². The molecule has 1 aliphatic heterocycles. The van der Waals surface area contributed by atoms with Crippen molar-refractivity contribution in [2.75, 3.05) is 0 Å². The molecule has 1 nitrogen and oxygen atoms in total. The van der Waals surface area contributed by atoms with Crippen LogP contribution in [0.25, 0.3) is 0 Å². The normalized spacial score (nSPS) is 16.7. The van der Waals surface area contributed by atoms with Gasteiger partial charge in [-0.1, -0.05) is 24.3 Å². The number of hydrogen-bond acceptors (Lipinski definition) is 1. The van der Waals surface area contributed by atoms with Crippen molar-refractivity contribution in [1.82, 2.24) is 5.32 Å². The Morgan fingerprint density at radius 2 is 1.63 bits per heavy atom. The molecule has 5 heteroatoms. The SMILES string of the molecule is CC1=CC(c2cccc(C(F)(F)F)c2F)C=C(C)N1. The Hall–Kier alpha value is -1.78. The van der Waals surface area contributed by atoms with Crippen molar-refractivity contribution in [2.24, 2.45) is 0 Å². The number of nitrogens with one attached hydrogen (secondary N) is 1. The summed E-state index contributed by atoms with van der Waals surface area (Å²) in [4.78, 5) is 0. The lowest BCUT2D eigenvalue weighted by molar-refractivity contribution is -0.140. The zero-order valence-corrected chi connectivity index (χ0v) is 10.5. The molecule has 1 aromatic rings. The fourth-order valence-electron chi connectivity index (χ4n) is 2.19. The Bertz CT molecular complexity index is 537. The second-order valence-electron chi connectivity index (χ2n) is 4.56. The van der Waals surface area contributed by atoms with E-state index in [9.17, 15) is 17.6 Å². The summed E-state index contributed by atoms with van der Waals surface area (Å²) in [6.07, 6.45) is -1.28. The molecule has 102 valence electrons. The lowest BCUT2D eigenvalue weighted by Gasteiger charge is -2.21. The maximum atomic E-state index is 14.0. The third kappa shape index (κ3) is 2.80. The van der Waals surface area contributed by atoms with Gasteiger partial charge in [0.05, 0.1) is 5.56 Å². The number of rotatable bonds is 1. The minimum atomic E-state index is -4.68. The number of dihydropyridines is 1. The highest BCUT2D eigenvalue weighted by Gasteiger charge is 2.35. The predicted molar refractivity (Wildman–Crippen MR) is 64.8 cm³/mol. The summed E-state index contributed by atoms with van der Waals surface area (Å²) < 4.78 is 52.0. The first kappa shape index (κ1) is 13.6. The third-order valence-electron chi connectivity index (χ3n) is 2.95. The van der Waals surface area contributed by atoms with Crippen LogP contribution in [0, 0.1) is 5.82 Å². The summed E-state index contributed by atoms with van der Waals surface area (Å²) >= 11 is 0. The van der Waals surface area contributed by atoms with Crippen molar-refractivity contribution < 1.29 is 17.6 Å². The summed E-state index contributed by atoms with van der Waals surface area (Å²) in [5, 5.41) is 3.02. The minimum Gasteiger partial charge on any atom is -0.363 e. The quantitative estimate of drug-likeness (QED) is 0.749. The van der Waals surface area contributed by atoms with Gasteiger partial charge in [0, 0.05) is 17.3 Å². The molecule has 0 aliphatic carbocycles. The molecule has 2 rings (SSSR count). The molecule has 0 fully saturated rings. The molecule has 0 saturated heterocycles. The number of halogens is 4. The molecule has 0 radical (unpaired) electrons. The lowest BCUT2D eigenvalue weighted by Crippen LogP contribution is -2.17. The van der Waals surface area contributed by atoms with Crippen LogP contribution in [0.2, 0.25) is 0 Å². The van der Waals surface area contributed by atoms with Crippen LogP contribution in [0.4, 0.5) is 17.6 Å². The van der Waals surface area contributed by atoms with E-state index in [1.165, 1.54) is 12.1 Å². The first-order chi connectivity index (χ1) is 8.79. The van der Waals surface area contributed by atoms with Gasteiger partial charge in [-0.25, -0.2) is 4.39 Å². The Balaban J connectivity index is 2.50. The Kier molecular flexibility index (Phi) is 3.39. The number of hydrogen-bond donors (Lipinski definition) is 1. The van der Waals surface area contributed by atoms with Crippen LogP contribution in [0.3, 0.4) is 0 Å². The molecule has 1 heterocycles. The average Bonchev–Trinajstić information content (AvgIpc) is 2.26. The highest BCUT2D eigenvalue weighted by atomic mass is 19.4. The fourth-order valence-corrected chi connectivity index (χ4v) is 2.19. The summed E-state index contributed by atoms with van der Waals surface area (Å²) in [7, 11) is 0. The van der Waals surface area contributed by atoms with Gasteiger partial charge in [0.2, 0.25) is 0 Å². The minimum absolute atomic E-state index is 0.0371. The molecule has 0 aromatic heterocycles. The van der Waals surface area contributed by atoms with Gasteiger partial charge >= 0.3 is 6.18 Å². The van der Waals surface area contributed by atoms with E-state index in [0.29, 0.717) is 0 Å². The van der Waals surface area contributed by atoms with Gasteiger partial charge in [-0.3, -0.25) is 0 Å². The fraction of sp³-hybridized carbons (Fsp3) is 0.286. The van der Waals surface area contributed by atoms with E-state index in [2.05, 4.69) is 5.32 Å². The van der Waals surface area contributed by atoms with Crippen molar-refractivity contribution in [3.63, 3.8) is 0 Å². The highest BCUT2D eigenvalue weighted by Crippen LogP contribution is 2.35. The van der Waals surface area contributed by atoms with E-state index >= 15 is 0 Å². The predicted octanol–water partition coefficient (Wildman–Crippen LogP) is 4.34. The van der Waals surface area contributed by atoms with Crippen molar-refractivity contribution >= 4 is 0 Å². The average molecular weight is 271 g/mol. The van der Waals surface area contributed by atoms with Crippen LogP contribution < -0.4 is 5.32 Å². The molecule has 19 heavy (non-hydrogen) atoms. The van der Waals surface area contributed by atoms with Crippen molar-refractivity contribution in [1.29, 1.82) is 0 Å². The zero-order chi connectivity index (χ0) is 14.2. The summed E-state index contributed by atoms with van der Waals surface area (Å²) in [6.45, 7) is 3.57. The molecule has 0 amide bonds. The van der Waals surface area contributed by atoms with Crippen LogP contribution in [-0.4, -0.2) is 0 Å². The van der Waals surface area contributed by atoms with Gasteiger partial charge in [0.25, 0.3) is 0 Å². The van der Waals surface area contributed by atoms with Crippen LogP contribution in [-0.2, 0) is 6.18 Å². The molecule has 0 bridgehead atoms. The Labute approximate surface area is 108 Å². The molecule has 1 N–H and O–H groups in total. The first-order valence-electron chi connectivity index (χ1n) is 5.78. The van der Waals surface area contributed by atoms with Gasteiger partial charge in [-0.05, 0) is 25.5 Å². The first-order valence-corrected chi connectivity index (χ1v) is 5.78. The van der Waals surface area contributed by atoms with Crippen LogP contribution in [0.15, 0.2) is 41.7 Å². The van der Waals surface area contributed by atoms with E-state index in [1.54, 1.807) is 26.0 Å². The number of benzene rings is 1. The van der Waals surface area contributed by atoms with E-state index in [1.807, 2.05) is 0 Å². The smallest absolute Gasteiger partial charge is 0.363 e. The molecule has 1 aliphatic rings.